The van der Waals surface area contributed by atoms with Gasteiger partial charge in [0.2, 0.25) is 0 Å². The Kier molecular flexibility index (Phi) is 7.10. The molecule has 0 aliphatic heterocycles. The first-order valence-electron chi connectivity index (χ1n) is 5.93. The largest absolute Gasteiger partial charge is 0.378 e. The zero-order chi connectivity index (χ0) is 11.8. The molecule has 0 saturated carbocycles. The highest BCUT2D eigenvalue weighted by Crippen LogP contribution is 2.25. The molecule has 0 aromatic heterocycles. The van der Waals surface area contributed by atoms with Crippen LogP contribution in [0.5, 0.6) is 0 Å². The summed E-state index contributed by atoms with van der Waals surface area (Å²) in [6.45, 7) is 11.3. The van der Waals surface area contributed by atoms with Gasteiger partial charge in [-0.15, -0.1) is 0 Å². The predicted octanol–water partition coefficient (Wildman–Crippen LogP) is 3.09. The quantitative estimate of drug-likeness (QED) is 0.575. The molecule has 0 spiro atoms. The summed E-state index contributed by atoms with van der Waals surface area (Å²) in [6.07, 6.45) is 4.46. The second-order valence-corrected chi connectivity index (χ2v) is 4.25. The van der Waals surface area contributed by atoms with E-state index >= 15 is 0 Å². The topological polar surface area (TPSA) is 20.3 Å². The molecule has 0 amide bonds. The number of rotatable bonds is 8. The van der Waals surface area contributed by atoms with Crippen LogP contribution < -0.4 is 0 Å². The molecule has 0 aliphatic carbocycles. The first-order valence-corrected chi connectivity index (χ1v) is 5.93. The van der Waals surface area contributed by atoms with Crippen molar-refractivity contribution in [3.8, 4) is 0 Å². The molecule has 0 aliphatic rings. The summed E-state index contributed by atoms with van der Waals surface area (Å²) in [4.78, 5) is 13.0. The maximum Gasteiger partial charge on any atom is 0.123 e. The van der Waals surface area contributed by atoms with Crippen LogP contribution in [0.1, 0.15) is 40.0 Å². The van der Waals surface area contributed by atoms with Crippen molar-refractivity contribution in [1.29, 1.82) is 0 Å². The monoisotopic (exact) mass is 211 g/mol. The van der Waals surface area contributed by atoms with E-state index in [4.69, 9.17) is 0 Å². The van der Waals surface area contributed by atoms with Gasteiger partial charge in [-0.1, -0.05) is 33.3 Å². The number of carbonyl (C=O) groups excluding carboxylic acids is 1. The van der Waals surface area contributed by atoms with Gasteiger partial charge in [-0.25, -0.2) is 0 Å². The van der Waals surface area contributed by atoms with Crippen molar-refractivity contribution in [2.45, 2.75) is 40.0 Å². The molecule has 0 aromatic carbocycles. The van der Waals surface area contributed by atoms with E-state index in [0.29, 0.717) is 5.92 Å². The van der Waals surface area contributed by atoms with E-state index in [1.165, 1.54) is 12.8 Å². The third kappa shape index (κ3) is 4.50. The third-order valence-electron chi connectivity index (χ3n) is 3.11. The number of hydrogen-bond acceptors (Lipinski definition) is 2. The predicted molar refractivity (Wildman–Crippen MR) is 65.7 cm³/mol. The fourth-order valence-electron chi connectivity index (χ4n) is 1.74. The maximum absolute atomic E-state index is 10.9. The van der Waals surface area contributed by atoms with Crippen LogP contribution in [0.25, 0.3) is 0 Å². The van der Waals surface area contributed by atoms with Gasteiger partial charge in [0.1, 0.15) is 6.29 Å². The van der Waals surface area contributed by atoms with Crippen molar-refractivity contribution in [3.63, 3.8) is 0 Å². The van der Waals surface area contributed by atoms with Crippen molar-refractivity contribution in [3.05, 3.63) is 12.3 Å². The van der Waals surface area contributed by atoms with Crippen molar-refractivity contribution < 1.29 is 4.79 Å². The van der Waals surface area contributed by atoms with Gasteiger partial charge >= 0.3 is 0 Å². The van der Waals surface area contributed by atoms with E-state index in [9.17, 15) is 4.79 Å². The highest BCUT2D eigenvalue weighted by atomic mass is 16.1. The lowest BCUT2D eigenvalue weighted by Crippen LogP contribution is -2.27. The number of hydrogen-bond donors (Lipinski definition) is 0. The molecule has 0 heterocycles. The van der Waals surface area contributed by atoms with E-state index in [1.54, 1.807) is 0 Å². The average Bonchev–Trinajstić information content (AvgIpc) is 2.27. The van der Waals surface area contributed by atoms with Crippen LogP contribution in [-0.4, -0.2) is 24.8 Å². The minimum atomic E-state index is 0.0815. The molecule has 0 rings (SSSR count). The minimum Gasteiger partial charge on any atom is -0.378 e. The molecule has 15 heavy (non-hydrogen) atoms. The molecular weight excluding hydrogens is 186 g/mol. The van der Waals surface area contributed by atoms with Crippen LogP contribution in [0, 0.1) is 11.8 Å². The lowest BCUT2D eigenvalue weighted by molar-refractivity contribution is -0.111. The van der Waals surface area contributed by atoms with E-state index in [-0.39, 0.29) is 5.92 Å². The maximum atomic E-state index is 10.9. The second kappa shape index (κ2) is 7.49. The van der Waals surface area contributed by atoms with Gasteiger partial charge in [0.05, 0.1) is 0 Å². The molecule has 2 unspecified atom stereocenters. The minimum absolute atomic E-state index is 0.0815. The van der Waals surface area contributed by atoms with Crippen LogP contribution >= 0.6 is 0 Å². The second-order valence-electron chi connectivity index (χ2n) is 4.25. The molecule has 2 nitrogen and oxygen atoms in total. The average molecular weight is 211 g/mol. The van der Waals surface area contributed by atoms with Crippen LogP contribution in [0.3, 0.4) is 0 Å². The number of aldehydes is 1. The molecule has 0 N–H and O–H groups in total. The highest BCUT2D eigenvalue weighted by molar-refractivity contribution is 5.54. The van der Waals surface area contributed by atoms with Crippen molar-refractivity contribution in [1.82, 2.24) is 4.90 Å². The summed E-state index contributed by atoms with van der Waals surface area (Å²) < 4.78 is 0. The molecule has 0 saturated heterocycles. The van der Waals surface area contributed by atoms with E-state index in [2.05, 4.69) is 25.3 Å². The van der Waals surface area contributed by atoms with Gasteiger partial charge in [-0.3, -0.25) is 0 Å². The lowest BCUT2D eigenvalue weighted by Gasteiger charge is -2.29. The molecule has 0 fully saturated rings. The molecule has 0 bridgehead atoms. The zero-order valence-electron chi connectivity index (χ0n) is 10.6. The summed E-state index contributed by atoms with van der Waals surface area (Å²) in [7, 11) is 2.04. The first-order chi connectivity index (χ1) is 7.08. The Hall–Kier alpha value is -0.790. The van der Waals surface area contributed by atoms with Gasteiger partial charge in [0.15, 0.2) is 0 Å². The van der Waals surface area contributed by atoms with E-state index < -0.39 is 0 Å². The lowest BCUT2D eigenvalue weighted by atomic mass is 9.87. The number of allylic oxidation sites excluding steroid dienone is 1. The standard InChI is InChI=1S/C13H25NO/c1-6-8-9-13(11(3)10-15)12(4)14(5)7-2/h10-11,13H,4,6-9H2,1-3,5H3. The van der Waals surface area contributed by atoms with Gasteiger partial charge in [-0.2, -0.15) is 0 Å². The zero-order valence-corrected chi connectivity index (χ0v) is 10.6. The highest BCUT2D eigenvalue weighted by Gasteiger charge is 2.21. The number of unbranched alkanes of at least 4 members (excludes halogenated alkanes) is 1. The van der Waals surface area contributed by atoms with E-state index in [1.807, 2.05) is 14.0 Å². The smallest absolute Gasteiger partial charge is 0.123 e. The number of nitrogens with zero attached hydrogens (tertiary/aromatic N) is 1. The Morgan fingerprint density at radius 1 is 1.47 bits per heavy atom. The molecular formula is C13H25NO. The summed E-state index contributed by atoms with van der Waals surface area (Å²) in [5.41, 5.74) is 1.10. The normalized spacial score (nSPS) is 14.4. The van der Waals surface area contributed by atoms with E-state index in [0.717, 1.165) is 24.9 Å². The Bertz CT molecular complexity index is 201. The Balaban J connectivity index is 4.46. The van der Waals surface area contributed by atoms with Gasteiger partial charge in [0.25, 0.3) is 0 Å². The molecule has 2 heteroatoms. The van der Waals surface area contributed by atoms with Crippen molar-refractivity contribution in [2.24, 2.45) is 11.8 Å². The SMILES string of the molecule is C=C(C(CCCC)C(C)C=O)N(C)CC. The molecule has 0 aromatic rings. The first kappa shape index (κ1) is 14.2. The summed E-state index contributed by atoms with van der Waals surface area (Å²) in [5, 5.41) is 0. The van der Waals surface area contributed by atoms with Crippen LogP contribution in [0.15, 0.2) is 12.3 Å². The van der Waals surface area contributed by atoms with Gasteiger partial charge in [-0.05, 0) is 13.3 Å². The Morgan fingerprint density at radius 3 is 2.47 bits per heavy atom. The summed E-state index contributed by atoms with van der Waals surface area (Å²) in [5.74, 6) is 0.394. The van der Waals surface area contributed by atoms with Gasteiger partial charge < -0.3 is 9.69 Å². The molecule has 2 atom stereocenters. The van der Waals surface area contributed by atoms with Crippen LogP contribution in [-0.2, 0) is 4.79 Å². The fraction of sp³-hybridized carbons (Fsp3) is 0.769. The van der Waals surface area contributed by atoms with Crippen molar-refractivity contribution >= 4 is 6.29 Å². The van der Waals surface area contributed by atoms with Crippen LogP contribution in [0.4, 0.5) is 0 Å². The molecule has 0 radical (unpaired) electrons. The fourth-order valence-corrected chi connectivity index (χ4v) is 1.74. The Labute approximate surface area is 94.4 Å². The number of carbonyl (C=O) groups is 1. The van der Waals surface area contributed by atoms with Crippen LogP contribution in [0.2, 0.25) is 0 Å². The van der Waals surface area contributed by atoms with Crippen molar-refractivity contribution in [2.75, 3.05) is 13.6 Å². The molecule has 88 valence electrons. The summed E-state index contributed by atoms with van der Waals surface area (Å²) >= 11 is 0. The third-order valence-corrected chi connectivity index (χ3v) is 3.11. The Morgan fingerprint density at radius 2 is 2.07 bits per heavy atom. The summed E-state index contributed by atoms with van der Waals surface area (Å²) in [6, 6.07) is 0. The van der Waals surface area contributed by atoms with Gasteiger partial charge in [0, 0.05) is 31.1 Å².